The summed E-state index contributed by atoms with van der Waals surface area (Å²) in [5.41, 5.74) is -0.381. The highest BCUT2D eigenvalue weighted by Gasteiger charge is 2.26. The number of rotatable bonds is 4. The fourth-order valence-electron chi connectivity index (χ4n) is 1.79. The van der Waals surface area contributed by atoms with E-state index in [1.54, 1.807) is 6.07 Å². The van der Waals surface area contributed by atoms with Crippen LogP contribution in [0.1, 0.15) is 15.9 Å². The topological polar surface area (TPSA) is 63.5 Å². The van der Waals surface area contributed by atoms with Crippen LogP contribution < -0.4 is 0 Å². The molecular formula is C13H10F2N2O3S. The lowest BCUT2D eigenvalue weighted by molar-refractivity contribution is -0.385. The van der Waals surface area contributed by atoms with Crippen molar-refractivity contribution < 1.29 is 18.5 Å². The molecule has 0 aliphatic rings. The quantitative estimate of drug-likeness (QED) is 0.643. The van der Waals surface area contributed by atoms with Gasteiger partial charge in [0.1, 0.15) is 5.56 Å². The van der Waals surface area contributed by atoms with Crippen molar-refractivity contribution in [3.8, 4) is 0 Å². The van der Waals surface area contributed by atoms with Crippen molar-refractivity contribution in [3.05, 3.63) is 61.8 Å². The maximum atomic E-state index is 13.3. The van der Waals surface area contributed by atoms with E-state index in [-0.39, 0.29) is 6.54 Å². The maximum Gasteiger partial charge on any atom is 0.285 e. The number of halogens is 2. The van der Waals surface area contributed by atoms with E-state index in [0.29, 0.717) is 12.1 Å². The summed E-state index contributed by atoms with van der Waals surface area (Å²) in [4.78, 5) is 23.4. The first-order valence-electron chi connectivity index (χ1n) is 5.80. The summed E-state index contributed by atoms with van der Waals surface area (Å²) in [6.45, 7) is 0.221. The van der Waals surface area contributed by atoms with Gasteiger partial charge in [0.25, 0.3) is 11.6 Å². The van der Waals surface area contributed by atoms with Crippen LogP contribution in [0.25, 0.3) is 0 Å². The largest absolute Gasteiger partial charge is 0.337 e. The Hall–Kier alpha value is -2.35. The van der Waals surface area contributed by atoms with Crippen LogP contribution in [0.15, 0.2) is 29.0 Å². The average Bonchev–Trinajstić information content (AvgIpc) is 2.93. The minimum Gasteiger partial charge on any atom is -0.337 e. The van der Waals surface area contributed by atoms with E-state index in [1.165, 1.54) is 23.3 Å². The van der Waals surface area contributed by atoms with Crippen LogP contribution in [0.5, 0.6) is 0 Å². The molecule has 0 aliphatic carbocycles. The molecule has 0 bridgehead atoms. The van der Waals surface area contributed by atoms with Crippen molar-refractivity contribution >= 4 is 22.9 Å². The third-order valence-corrected chi connectivity index (χ3v) is 3.54. The molecule has 0 radical (unpaired) electrons. The standard InChI is InChI=1S/C13H10F2N2O3S/c1-16(6-8-2-3-21-7-8)13(18)9-4-10(14)11(15)5-12(9)17(19)20/h2-5,7H,6H2,1H3. The van der Waals surface area contributed by atoms with E-state index in [1.807, 2.05) is 10.8 Å². The van der Waals surface area contributed by atoms with E-state index in [2.05, 4.69) is 0 Å². The van der Waals surface area contributed by atoms with Gasteiger partial charge in [-0.3, -0.25) is 14.9 Å². The number of carbonyl (C=O) groups is 1. The molecule has 0 aliphatic heterocycles. The highest BCUT2D eigenvalue weighted by Crippen LogP contribution is 2.24. The number of nitro groups is 1. The SMILES string of the molecule is CN(Cc1ccsc1)C(=O)c1cc(F)c(F)cc1[N+](=O)[O-]. The maximum absolute atomic E-state index is 13.3. The number of benzene rings is 1. The third kappa shape index (κ3) is 3.22. The van der Waals surface area contributed by atoms with E-state index >= 15 is 0 Å². The molecule has 1 aromatic carbocycles. The normalized spacial score (nSPS) is 10.4. The van der Waals surface area contributed by atoms with Crippen molar-refractivity contribution in [1.82, 2.24) is 4.90 Å². The number of carbonyl (C=O) groups excluding carboxylic acids is 1. The molecule has 1 amide bonds. The fourth-order valence-corrected chi connectivity index (χ4v) is 2.45. The summed E-state index contributed by atoms with van der Waals surface area (Å²) in [6, 6.07) is 2.77. The highest BCUT2D eigenvalue weighted by molar-refractivity contribution is 7.07. The van der Waals surface area contributed by atoms with Crippen LogP contribution in [0.2, 0.25) is 0 Å². The van der Waals surface area contributed by atoms with Crippen LogP contribution in [0.4, 0.5) is 14.5 Å². The Labute approximate surface area is 122 Å². The zero-order chi connectivity index (χ0) is 15.6. The van der Waals surface area contributed by atoms with Crippen LogP contribution in [0.3, 0.4) is 0 Å². The second kappa shape index (κ2) is 5.96. The number of nitrogens with zero attached hydrogens (tertiary/aromatic N) is 2. The molecular weight excluding hydrogens is 302 g/mol. The van der Waals surface area contributed by atoms with Gasteiger partial charge in [-0.05, 0) is 28.5 Å². The van der Waals surface area contributed by atoms with Gasteiger partial charge in [0, 0.05) is 13.6 Å². The first-order chi connectivity index (χ1) is 9.90. The van der Waals surface area contributed by atoms with Crippen molar-refractivity contribution in [2.24, 2.45) is 0 Å². The Balaban J connectivity index is 2.33. The van der Waals surface area contributed by atoms with Gasteiger partial charge in [0.2, 0.25) is 0 Å². The van der Waals surface area contributed by atoms with Gasteiger partial charge in [0.15, 0.2) is 11.6 Å². The molecule has 1 heterocycles. The molecule has 0 saturated carbocycles. The molecule has 0 saturated heterocycles. The Bertz CT molecular complexity index is 689. The van der Waals surface area contributed by atoms with Crippen molar-refractivity contribution in [1.29, 1.82) is 0 Å². The minimum absolute atomic E-state index is 0.221. The molecule has 110 valence electrons. The van der Waals surface area contributed by atoms with Crippen LogP contribution in [-0.2, 0) is 6.54 Å². The predicted octanol–water partition coefficient (Wildman–Crippen LogP) is 3.21. The summed E-state index contributed by atoms with van der Waals surface area (Å²) < 4.78 is 26.3. The molecule has 8 heteroatoms. The highest BCUT2D eigenvalue weighted by atomic mass is 32.1. The third-order valence-electron chi connectivity index (χ3n) is 2.81. The van der Waals surface area contributed by atoms with Crippen LogP contribution in [-0.4, -0.2) is 22.8 Å². The summed E-state index contributed by atoms with van der Waals surface area (Å²) in [5, 5.41) is 14.5. The molecule has 21 heavy (non-hydrogen) atoms. The molecule has 2 rings (SSSR count). The summed E-state index contributed by atoms with van der Waals surface area (Å²) in [7, 11) is 1.44. The Morgan fingerprint density at radius 1 is 1.38 bits per heavy atom. The van der Waals surface area contributed by atoms with Gasteiger partial charge in [-0.15, -0.1) is 0 Å². The first kappa shape index (κ1) is 15.0. The first-order valence-corrected chi connectivity index (χ1v) is 6.74. The smallest absolute Gasteiger partial charge is 0.285 e. The summed E-state index contributed by atoms with van der Waals surface area (Å²) >= 11 is 1.45. The lowest BCUT2D eigenvalue weighted by atomic mass is 10.1. The lowest BCUT2D eigenvalue weighted by Crippen LogP contribution is -2.27. The van der Waals surface area contributed by atoms with E-state index in [0.717, 1.165) is 5.56 Å². The van der Waals surface area contributed by atoms with Gasteiger partial charge in [-0.2, -0.15) is 11.3 Å². The van der Waals surface area contributed by atoms with Crippen LogP contribution >= 0.6 is 11.3 Å². The van der Waals surface area contributed by atoms with Gasteiger partial charge < -0.3 is 4.90 Å². The Morgan fingerprint density at radius 3 is 2.62 bits per heavy atom. The molecule has 2 aromatic rings. The Kier molecular flexibility index (Phi) is 4.27. The molecule has 0 N–H and O–H groups in total. The number of nitro benzene ring substituents is 1. The fraction of sp³-hybridized carbons (Fsp3) is 0.154. The molecule has 0 unspecified atom stereocenters. The number of thiophene rings is 1. The van der Waals surface area contributed by atoms with Gasteiger partial charge in [-0.25, -0.2) is 8.78 Å². The number of hydrogen-bond acceptors (Lipinski definition) is 4. The Morgan fingerprint density at radius 2 is 2.05 bits per heavy atom. The van der Waals surface area contributed by atoms with E-state index in [4.69, 9.17) is 0 Å². The molecule has 0 fully saturated rings. The van der Waals surface area contributed by atoms with Crippen molar-refractivity contribution in [3.63, 3.8) is 0 Å². The average molecular weight is 312 g/mol. The van der Waals surface area contributed by atoms with Gasteiger partial charge >= 0.3 is 0 Å². The second-order valence-electron chi connectivity index (χ2n) is 4.33. The molecule has 5 nitrogen and oxygen atoms in total. The van der Waals surface area contributed by atoms with Gasteiger partial charge in [0.05, 0.1) is 11.0 Å². The predicted molar refractivity (Wildman–Crippen MR) is 73.1 cm³/mol. The second-order valence-corrected chi connectivity index (χ2v) is 5.11. The van der Waals surface area contributed by atoms with Crippen LogP contribution in [0, 0.1) is 21.7 Å². The summed E-state index contributed by atoms with van der Waals surface area (Å²) in [5.74, 6) is -3.40. The lowest BCUT2D eigenvalue weighted by Gasteiger charge is -2.16. The minimum atomic E-state index is -1.36. The van der Waals surface area contributed by atoms with E-state index < -0.39 is 33.7 Å². The zero-order valence-corrected chi connectivity index (χ0v) is 11.7. The van der Waals surface area contributed by atoms with Crippen molar-refractivity contribution in [2.75, 3.05) is 7.05 Å². The van der Waals surface area contributed by atoms with E-state index in [9.17, 15) is 23.7 Å². The number of amides is 1. The van der Waals surface area contributed by atoms with Crippen molar-refractivity contribution in [2.45, 2.75) is 6.54 Å². The summed E-state index contributed by atoms with van der Waals surface area (Å²) in [6.07, 6.45) is 0. The molecule has 0 spiro atoms. The monoisotopic (exact) mass is 312 g/mol. The molecule has 1 aromatic heterocycles. The molecule has 0 atom stereocenters. The number of hydrogen-bond donors (Lipinski definition) is 0. The van der Waals surface area contributed by atoms with Gasteiger partial charge in [-0.1, -0.05) is 0 Å². The zero-order valence-electron chi connectivity index (χ0n) is 10.9.